The summed E-state index contributed by atoms with van der Waals surface area (Å²) in [4.78, 5) is 10.4. The summed E-state index contributed by atoms with van der Waals surface area (Å²) < 4.78 is 21.2. The van der Waals surface area contributed by atoms with Crippen molar-refractivity contribution in [3.8, 4) is 0 Å². The van der Waals surface area contributed by atoms with E-state index in [1.165, 1.54) is 0 Å². The van der Waals surface area contributed by atoms with Gasteiger partial charge in [-0.05, 0) is 0 Å². The highest BCUT2D eigenvalue weighted by Gasteiger charge is 2.05. The van der Waals surface area contributed by atoms with Crippen molar-refractivity contribution >= 4 is 17.6 Å². The van der Waals surface area contributed by atoms with Crippen LogP contribution in [0.3, 0.4) is 0 Å². The third-order valence-corrected chi connectivity index (χ3v) is 1.06. The van der Waals surface area contributed by atoms with Gasteiger partial charge in [-0.2, -0.15) is 4.39 Å². The van der Waals surface area contributed by atoms with Gasteiger partial charge in [-0.3, -0.25) is 0 Å². The normalized spacial score (nSPS) is 9.50. The Morgan fingerprint density at radius 3 is 2.58 bits per heavy atom. The number of carbonyl (C=O) groups excluding carboxylic acids is 1. The van der Waals surface area contributed by atoms with Gasteiger partial charge in [0, 0.05) is 5.88 Å². The molecule has 0 aromatic heterocycles. The summed E-state index contributed by atoms with van der Waals surface area (Å²) in [6.07, 6.45) is 0. The molecule has 0 radical (unpaired) electrons. The minimum absolute atomic E-state index is 0.0126. The highest BCUT2D eigenvalue weighted by Crippen LogP contribution is 1.94. The minimum atomic E-state index is -1.10. The average molecular weight is 197 g/mol. The van der Waals surface area contributed by atoms with Crippen LogP contribution in [0, 0.1) is 0 Å². The Morgan fingerprint density at radius 1 is 1.42 bits per heavy atom. The molecule has 5 heteroatoms. The van der Waals surface area contributed by atoms with Crippen LogP contribution in [0.1, 0.15) is 0 Å². The van der Waals surface area contributed by atoms with Crippen LogP contribution < -0.4 is 0 Å². The fourth-order valence-corrected chi connectivity index (χ4v) is 0.537. The zero-order chi connectivity index (χ0) is 9.40. The van der Waals surface area contributed by atoms with Crippen LogP contribution in [-0.4, -0.2) is 31.7 Å². The first-order chi connectivity index (χ1) is 5.68. The largest absolute Gasteiger partial charge is 0.458 e. The van der Waals surface area contributed by atoms with E-state index in [1.54, 1.807) is 0 Å². The number of rotatable bonds is 6. The lowest BCUT2D eigenvalue weighted by Gasteiger charge is -2.02. The Hall–Kier alpha value is -0.610. The molecule has 70 valence electrons. The molecule has 0 N–H and O–H groups in total. The lowest BCUT2D eigenvalue weighted by Crippen LogP contribution is -2.11. The predicted octanol–water partition coefficient (Wildman–Crippen LogP) is 1.27. The number of ether oxygens (including phenoxy) is 2. The van der Waals surface area contributed by atoms with Gasteiger partial charge in [0.1, 0.15) is 6.61 Å². The highest BCUT2D eigenvalue weighted by atomic mass is 35.5. The topological polar surface area (TPSA) is 35.5 Å². The first kappa shape index (κ1) is 11.4. The summed E-state index contributed by atoms with van der Waals surface area (Å²) >= 11 is 5.29. The number of hydrogen-bond donors (Lipinski definition) is 0. The maximum absolute atomic E-state index is 11.9. The molecule has 0 saturated heterocycles. The van der Waals surface area contributed by atoms with Gasteiger partial charge in [0.25, 0.3) is 0 Å². The number of esters is 1. The van der Waals surface area contributed by atoms with E-state index < -0.39 is 11.8 Å². The molecule has 0 unspecified atom stereocenters. The van der Waals surface area contributed by atoms with Crippen molar-refractivity contribution in [1.29, 1.82) is 0 Å². The van der Waals surface area contributed by atoms with Gasteiger partial charge in [0.2, 0.25) is 5.83 Å². The van der Waals surface area contributed by atoms with Crippen molar-refractivity contribution in [1.82, 2.24) is 0 Å². The van der Waals surface area contributed by atoms with Gasteiger partial charge < -0.3 is 9.47 Å². The summed E-state index contributed by atoms with van der Waals surface area (Å²) in [6, 6.07) is 0. The third-order valence-electron chi connectivity index (χ3n) is 0.904. The van der Waals surface area contributed by atoms with Gasteiger partial charge in [0.05, 0.1) is 13.2 Å². The maximum atomic E-state index is 11.9. The monoisotopic (exact) mass is 196 g/mol. The third kappa shape index (κ3) is 6.12. The molecule has 0 bridgehead atoms. The quantitative estimate of drug-likeness (QED) is 0.278. The van der Waals surface area contributed by atoms with Gasteiger partial charge in [-0.25, -0.2) is 4.79 Å². The van der Waals surface area contributed by atoms with Crippen molar-refractivity contribution in [3.63, 3.8) is 0 Å². The lowest BCUT2D eigenvalue weighted by atomic mass is 10.6. The van der Waals surface area contributed by atoms with Gasteiger partial charge in [-0.1, -0.05) is 6.58 Å². The number of carbonyl (C=O) groups is 1. The number of halogens is 2. The number of hydrogen-bond acceptors (Lipinski definition) is 3. The highest BCUT2D eigenvalue weighted by molar-refractivity contribution is 6.17. The average Bonchev–Trinajstić information content (AvgIpc) is 2.03. The Kier molecular flexibility index (Phi) is 6.70. The fraction of sp³-hybridized carbons (Fsp3) is 0.571. The van der Waals surface area contributed by atoms with Crippen LogP contribution in [0.25, 0.3) is 0 Å². The summed E-state index contributed by atoms with van der Waals surface area (Å²) in [5, 5.41) is 0. The Labute approximate surface area is 75.1 Å². The van der Waals surface area contributed by atoms with Crippen molar-refractivity contribution < 1.29 is 18.7 Å². The SMILES string of the molecule is C=C(F)C(=O)OCCOCCCl. The zero-order valence-electron chi connectivity index (χ0n) is 6.52. The van der Waals surface area contributed by atoms with E-state index in [4.69, 9.17) is 16.3 Å². The van der Waals surface area contributed by atoms with Gasteiger partial charge >= 0.3 is 5.97 Å². The molecule has 0 aliphatic carbocycles. The Bertz CT molecular complexity index is 161. The lowest BCUT2D eigenvalue weighted by molar-refractivity contribution is -0.142. The smallest absolute Gasteiger partial charge is 0.366 e. The second kappa shape index (κ2) is 7.06. The van der Waals surface area contributed by atoms with Crippen molar-refractivity contribution in [2.24, 2.45) is 0 Å². The van der Waals surface area contributed by atoms with E-state index in [0.29, 0.717) is 12.5 Å². The van der Waals surface area contributed by atoms with Crippen molar-refractivity contribution in [2.45, 2.75) is 0 Å². The van der Waals surface area contributed by atoms with Crippen LogP contribution in [0.5, 0.6) is 0 Å². The molecular formula is C7H10ClFO3. The van der Waals surface area contributed by atoms with E-state index >= 15 is 0 Å². The molecule has 0 saturated carbocycles. The zero-order valence-corrected chi connectivity index (χ0v) is 7.27. The van der Waals surface area contributed by atoms with E-state index in [1.807, 2.05) is 0 Å². The van der Waals surface area contributed by atoms with E-state index in [-0.39, 0.29) is 13.2 Å². The van der Waals surface area contributed by atoms with Gasteiger partial charge in [0.15, 0.2) is 0 Å². The minimum Gasteiger partial charge on any atom is -0.458 e. The molecule has 0 fully saturated rings. The van der Waals surface area contributed by atoms with Crippen LogP contribution in [0.4, 0.5) is 4.39 Å². The molecule has 0 aliphatic rings. The molecule has 0 rings (SSSR count). The Balaban J connectivity index is 3.20. The second-order valence-corrected chi connectivity index (χ2v) is 2.22. The van der Waals surface area contributed by atoms with E-state index in [2.05, 4.69) is 11.3 Å². The fourth-order valence-electron chi connectivity index (χ4n) is 0.428. The van der Waals surface area contributed by atoms with Crippen LogP contribution in [0.2, 0.25) is 0 Å². The summed E-state index contributed by atoms with van der Waals surface area (Å²) in [5.41, 5.74) is 0. The molecule has 0 aromatic carbocycles. The molecule has 0 aliphatic heterocycles. The summed E-state index contributed by atoms with van der Waals surface area (Å²) in [7, 11) is 0. The van der Waals surface area contributed by atoms with E-state index in [9.17, 15) is 9.18 Å². The van der Waals surface area contributed by atoms with E-state index in [0.717, 1.165) is 0 Å². The predicted molar refractivity (Wildman–Crippen MR) is 42.7 cm³/mol. The van der Waals surface area contributed by atoms with Crippen LogP contribution >= 0.6 is 11.6 Å². The Morgan fingerprint density at radius 2 is 2.08 bits per heavy atom. The molecule has 0 spiro atoms. The first-order valence-corrected chi connectivity index (χ1v) is 3.87. The van der Waals surface area contributed by atoms with Crippen LogP contribution in [-0.2, 0) is 14.3 Å². The van der Waals surface area contributed by atoms with Crippen molar-refractivity contribution in [2.75, 3.05) is 25.7 Å². The molecule has 0 atom stereocenters. The van der Waals surface area contributed by atoms with Crippen molar-refractivity contribution in [3.05, 3.63) is 12.4 Å². The second-order valence-electron chi connectivity index (χ2n) is 1.84. The molecule has 12 heavy (non-hydrogen) atoms. The molecule has 0 aromatic rings. The van der Waals surface area contributed by atoms with Crippen LogP contribution in [0.15, 0.2) is 12.4 Å². The molecule has 0 heterocycles. The molecule has 0 amide bonds. The maximum Gasteiger partial charge on any atom is 0.366 e. The number of alkyl halides is 1. The van der Waals surface area contributed by atoms with Gasteiger partial charge in [-0.15, -0.1) is 11.6 Å². The first-order valence-electron chi connectivity index (χ1n) is 3.33. The molecular weight excluding hydrogens is 187 g/mol. The molecule has 3 nitrogen and oxygen atoms in total. The summed E-state index contributed by atoms with van der Waals surface area (Å²) in [6.45, 7) is 3.38. The summed E-state index contributed by atoms with van der Waals surface area (Å²) in [5.74, 6) is -1.78. The standard InChI is InChI=1S/C7H10ClFO3/c1-6(9)7(10)12-5-4-11-3-2-8/h1-5H2.